The molecule has 0 aromatic rings. The quantitative estimate of drug-likeness (QED) is 0.353. The monoisotopic (exact) mass is 428 g/mol. The lowest BCUT2D eigenvalue weighted by atomic mass is 9.93. The van der Waals surface area contributed by atoms with Crippen LogP contribution in [0, 0.1) is 0 Å². The number of hydrogen-bond donors (Lipinski definition) is 5. The highest BCUT2D eigenvalue weighted by molar-refractivity contribution is 7.99. The molecule has 2 unspecified atom stereocenters. The molecule has 26 heavy (non-hydrogen) atoms. The Morgan fingerprint density at radius 2 is 2.04 bits per heavy atom. The molecule has 0 aromatic heterocycles. The predicted octanol–water partition coefficient (Wildman–Crippen LogP) is -0.247. The minimum atomic E-state index is -1.36. The Hall–Kier alpha value is 0.260. The van der Waals surface area contributed by atoms with Crippen molar-refractivity contribution in [3.8, 4) is 0 Å². The van der Waals surface area contributed by atoms with Crippen molar-refractivity contribution >= 4 is 41.0 Å². The van der Waals surface area contributed by atoms with Gasteiger partial charge in [0.1, 0.15) is 29.9 Å². The molecule has 2 heterocycles. The van der Waals surface area contributed by atoms with Crippen LogP contribution in [0.3, 0.4) is 0 Å². The number of nitrogens with one attached hydrogen (secondary N) is 2. The van der Waals surface area contributed by atoms with Gasteiger partial charge in [0.2, 0.25) is 5.91 Å². The van der Waals surface area contributed by atoms with E-state index in [1.54, 1.807) is 13.2 Å². The molecule has 0 saturated carbocycles. The van der Waals surface area contributed by atoms with E-state index >= 15 is 0 Å². The molecule has 0 radical (unpaired) electrons. The summed E-state index contributed by atoms with van der Waals surface area (Å²) in [5.74, 6) is 0.805. The molecule has 0 aromatic carbocycles. The number of rotatable bonds is 7. The first-order valence-electron chi connectivity index (χ1n) is 8.82. The molecule has 10 heteroatoms. The molecule has 0 spiro atoms. The van der Waals surface area contributed by atoms with Gasteiger partial charge < -0.3 is 30.7 Å². The van der Waals surface area contributed by atoms with Crippen molar-refractivity contribution in [3.63, 3.8) is 0 Å². The molecule has 5 N–H and O–H groups in total. The van der Waals surface area contributed by atoms with Gasteiger partial charge in [-0.05, 0) is 25.4 Å². The van der Waals surface area contributed by atoms with Crippen LogP contribution in [0.5, 0.6) is 0 Å². The Labute approximate surface area is 168 Å². The number of amides is 1. The minimum Gasteiger partial charge on any atom is -0.388 e. The number of halogens is 1. The van der Waals surface area contributed by atoms with Gasteiger partial charge in [0.05, 0.1) is 17.5 Å². The van der Waals surface area contributed by atoms with Crippen molar-refractivity contribution in [1.82, 2.24) is 10.6 Å². The van der Waals surface area contributed by atoms with Crippen LogP contribution in [0.2, 0.25) is 0 Å². The summed E-state index contributed by atoms with van der Waals surface area (Å²) in [5.41, 5.74) is -0.705. The van der Waals surface area contributed by atoms with Crippen LogP contribution in [0.4, 0.5) is 0 Å². The number of carbonyl (C=O) groups is 1. The SMILES string of the molecule is CCS[C@@H]1CNC(C(=O)N[C@@H]([C@H]2O[C@H](SC)C(O)[C@@H](O)[C@H]2O)[C@H](C)Cl)C1. The molecule has 2 rings (SSSR count). The van der Waals surface area contributed by atoms with Crippen LogP contribution in [-0.4, -0.2) is 92.3 Å². The van der Waals surface area contributed by atoms with E-state index in [1.165, 1.54) is 11.8 Å². The summed E-state index contributed by atoms with van der Waals surface area (Å²) in [5, 5.41) is 36.4. The third kappa shape index (κ3) is 5.20. The molecule has 2 saturated heterocycles. The second kappa shape index (κ2) is 10.2. The minimum absolute atomic E-state index is 0.196. The summed E-state index contributed by atoms with van der Waals surface area (Å²) in [4.78, 5) is 12.7. The lowest BCUT2D eigenvalue weighted by Gasteiger charge is -2.44. The van der Waals surface area contributed by atoms with Crippen molar-refractivity contribution in [2.24, 2.45) is 0 Å². The summed E-state index contributed by atoms with van der Waals surface area (Å²) in [6.07, 6.45) is -2.36. The zero-order chi connectivity index (χ0) is 19.4. The van der Waals surface area contributed by atoms with Crippen molar-refractivity contribution in [1.29, 1.82) is 0 Å². The smallest absolute Gasteiger partial charge is 0.237 e. The van der Waals surface area contributed by atoms with Crippen molar-refractivity contribution in [2.45, 2.75) is 72.8 Å². The van der Waals surface area contributed by atoms with Crippen molar-refractivity contribution < 1.29 is 24.9 Å². The summed E-state index contributed by atoms with van der Waals surface area (Å²) in [7, 11) is 0. The summed E-state index contributed by atoms with van der Waals surface area (Å²) < 4.78 is 5.76. The second-order valence-electron chi connectivity index (χ2n) is 6.66. The fraction of sp³-hybridized carbons (Fsp3) is 0.938. The summed E-state index contributed by atoms with van der Waals surface area (Å²) in [6.45, 7) is 4.57. The van der Waals surface area contributed by atoms with Crippen molar-refractivity contribution in [3.05, 3.63) is 0 Å². The average molecular weight is 429 g/mol. The van der Waals surface area contributed by atoms with Gasteiger partial charge >= 0.3 is 0 Å². The Morgan fingerprint density at radius 3 is 2.62 bits per heavy atom. The number of hydrogen-bond acceptors (Lipinski definition) is 8. The van der Waals surface area contributed by atoms with Crippen molar-refractivity contribution in [2.75, 3.05) is 18.6 Å². The molecule has 2 aliphatic heterocycles. The molecular formula is C16H29ClN2O5S2. The van der Waals surface area contributed by atoms with Crippen LogP contribution in [0.1, 0.15) is 20.3 Å². The Balaban J connectivity index is 2.05. The highest BCUT2D eigenvalue weighted by Crippen LogP contribution is 2.30. The van der Waals surface area contributed by atoms with Crippen LogP contribution < -0.4 is 10.6 Å². The lowest BCUT2D eigenvalue weighted by Crippen LogP contribution is -2.65. The van der Waals surface area contributed by atoms with Crippen LogP contribution in [0.15, 0.2) is 0 Å². The van der Waals surface area contributed by atoms with E-state index in [4.69, 9.17) is 16.3 Å². The zero-order valence-corrected chi connectivity index (χ0v) is 17.6. The molecule has 0 aliphatic carbocycles. The largest absolute Gasteiger partial charge is 0.388 e. The highest BCUT2D eigenvalue weighted by atomic mass is 35.5. The van der Waals surface area contributed by atoms with Gasteiger partial charge in [-0.15, -0.1) is 23.4 Å². The number of alkyl halides is 1. The van der Waals surface area contributed by atoms with E-state index in [-0.39, 0.29) is 11.9 Å². The molecule has 0 bridgehead atoms. The number of thioether (sulfide) groups is 2. The third-order valence-corrected chi connectivity index (χ3v) is 7.10. The van der Waals surface area contributed by atoms with E-state index in [0.717, 1.165) is 18.7 Å². The number of ether oxygens (including phenoxy) is 1. The maximum Gasteiger partial charge on any atom is 0.237 e. The molecular weight excluding hydrogens is 400 g/mol. The van der Waals surface area contributed by atoms with E-state index in [2.05, 4.69) is 17.6 Å². The molecule has 9 atom stereocenters. The van der Waals surface area contributed by atoms with Gasteiger partial charge in [-0.2, -0.15) is 11.8 Å². The lowest BCUT2D eigenvalue weighted by molar-refractivity contribution is -0.205. The average Bonchev–Trinajstić information content (AvgIpc) is 3.07. The Morgan fingerprint density at radius 1 is 1.35 bits per heavy atom. The maximum absolute atomic E-state index is 12.7. The Bertz CT molecular complexity index is 474. The van der Waals surface area contributed by atoms with Crippen LogP contribution >= 0.6 is 35.1 Å². The van der Waals surface area contributed by atoms with Gasteiger partial charge in [-0.25, -0.2) is 0 Å². The highest BCUT2D eigenvalue weighted by Gasteiger charge is 2.48. The summed E-state index contributed by atoms with van der Waals surface area (Å²) >= 11 is 9.31. The standard InChI is InChI=1S/C16H29ClN2O5S2/c1-4-26-8-5-9(18-6-8)15(23)19-10(7(2)17)14-12(21)11(20)13(22)16(24-14)25-3/h7-14,16,18,20-22H,4-6H2,1-3H3,(H,19,23)/t7-,8-,9?,10+,11-,12+,13?,14+,16+/m0/s1. The number of aliphatic hydroxyl groups is 3. The van der Waals surface area contributed by atoms with Gasteiger partial charge in [-0.3, -0.25) is 4.79 Å². The first-order chi connectivity index (χ1) is 12.3. The number of carbonyl (C=O) groups excluding carboxylic acids is 1. The van der Waals surface area contributed by atoms with Gasteiger partial charge in [0.25, 0.3) is 0 Å². The molecule has 152 valence electrons. The number of aliphatic hydroxyl groups excluding tert-OH is 3. The van der Waals surface area contributed by atoms with Gasteiger partial charge in [-0.1, -0.05) is 6.92 Å². The van der Waals surface area contributed by atoms with E-state index in [9.17, 15) is 20.1 Å². The van der Waals surface area contributed by atoms with Crippen LogP contribution in [0.25, 0.3) is 0 Å². The van der Waals surface area contributed by atoms with E-state index < -0.39 is 41.3 Å². The molecule has 2 fully saturated rings. The molecule has 1 amide bonds. The van der Waals surface area contributed by atoms with E-state index in [0.29, 0.717) is 5.25 Å². The predicted molar refractivity (Wildman–Crippen MR) is 106 cm³/mol. The topological polar surface area (TPSA) is 111 Å². The summed E-state index contributed by atoms with van der Waals surface area (Å²) in [6, 6.07) is -1.01. The van der Waals surface area contributed by atoms with E-state index in [1.807, 2.05) is 11.8 Å². The molecule has 7 nitrogen and oxygen atoms in total. The van der Waals surface area contributed by atoms with Gasteiger partial charge in [0.15, 0.2) is 0 Å². The normalized spacial score (nSPS) is 40.2. The third-order valence-electron chi connectivity index (χ3n) is 4.81. The first-order valence-corrected chi connectivity index (χ1v) is 11.6. The first kappa shape index (κ1) is 22.5. The van der Waals surface area contributed by atoms with Gasteiger partial charge in [0, 0.05) is 11.8 Å². The zero-order valence-electron chi connectivity index (χ0n) is 15.2. The fourth-order valence-electron chi connectivity index (χ4n) is 3.35. The fourth-order valence-corrected chi connectivity index (χ4v) is 5.25. The van der Waals surface area contributed by atoms with Crippen LogP contribution in [-0.2, 0) is 9.53 Å². The Kier molecular flexibility index (Phi) is 8.81. The second-order valence-corrected chi connectivity index (χ2v) is 9.86. The molecule has 2 aliphatic rings. The maximum atomic E-state index is 12.7.